The van der Waals surface area contributed by atoms with Crippen molar-refractivity contribution < 1.29 is 9.53 Å². The van der Waals surface area contributed by atoms with Gasteiger partial charge in [-0.2, -0.15) is 0 Å². The van der Waals surface area contributed by atoms with Gasteiger partial charge in [0.1, 0.15) is 12.1 Å². The number of esters is 1. The highest BCUT2D eigenvalue weighted by molar-refractivity contribution is 5.77. The van der Waals surface area contributed by atoms with Crippen LogP contribution in [0.2, 0.25) is 0 Å². The van der Waals surface area contributed by atoms with E-state index in [1.165, 1.54) is 32.1 Å². The molecule has 1 aromatic carbocycles. The molecule has 2 N–H and O–H groups in total. The quantitative estimate of drug-likeness (QED) is 0.851. The third kappa shape index (κ3) is 5.50. The first-order chi connectivity index (χ1) is 10.3. The van der Waals surface area contributed by atoms with Crippen molar-refractivity contribution in [2.24, 2.45) is 5.73 Å². The van der Waals surface area contributed by atoms with Gasteiger partial charge in [-0.25, -0.2) is 4.79 Å². The summed E-state index contributed by atoms with van der Waals surface area (Å²) in [5, 5.41) is 0. The van der Waals surface area contributed by atoms with Crippen LogP contribution in [0.5, 0.6) is 0 Å². The summed E-state index contributed by atoms with van der Waals surface area (Å²) < 4.78 is 5.36. The van der Waals surface area contributed by atoms with E-state index in [0.29, 0.717) is 0 Å². The van der Waals surface area contributed by atoms with E-state index in [1.54, 1.807) is 0 Å². The largest absolute Gasteiger partial charge is 0.461 e. The summed E-state index contributed by atoms with van der Waals surface area (Å²) in [6.07, 6.45) is 11.8. The minimum absolute atomic E-state index is 0.0854. The lowest BCUT2D eigenvalue weighted by atomic mass is 10.1. The van der Waals surface area contributed by atoms with Crippen LogP contribution in [-0.2, 0) is 9.53 Å². The standard InChI is InChI=1S/C13H17NO2.C5H10/c14-12(10-6-2-1-3-7-10)13(15)16-11-8-4-5-9-11;1-2-4-5-3-1/h1-3,6-7,11-12H,4-5,8-9,14H2;1-5H2/t12-;/m0./s1. The zero-order chi connectivity index (χ0) is 14.9. The average molecular weight is 289 g/mol. The fraction of sp³-hybridized carbons (Fsp3) is 0.611. The summed E-state index contributed by atoms with van der Waals surface area (Å²) in [6, 6.07) is 8.69. The monoisotopic (exact) mass is 289 g/mol. The van der Waals surface area contributed by atoms with Crippen LogP contribution in [0.3, 0.4) is 0 Å². The molecule has 2 saturated carbocycles. The number of hydrogen-bond acceptors (Lipinski definition) is 3. The highest BCUT2D eigenvalue weighted by Gasteiger charge is 2.23. The molecule has 21 heavy (non-hydrogen) atoms. The van der Waals surface area contributed by atoms with Crippen molar-refractivity contribution in [3.63, 3.8) is 0 Å². The zero-order valence-corrected chi connectivity index (χ0v) is 12.8. The topological polar surface area (TPSA) is 52.3 Å². The van der Waals surface area contributed by atoms with E-state index >= 15 is 0 Å². The molecule has 0 amide bonds. The van der Waals surface area contributed by atoms with E-state index in [1.807, 2.05) is 30.3 Å². The van der Waals surface area contributed by atoms with Gasteiger partial charge in [0.2, 0.25) is 0 Å². The van der Waals surface area contributed by atoms with Crippen molar-refractivity contribution in [1.29, 1.82) is 0 Å². The van der Waals surface area contributed by atoms with Gasteiger partial charge in [-0.1, -0.05) is 62.4 Å². The second-order valence-corrected chi connectivity index (χ2v) is 6.00. The van der Waals surface area contributed by atoms with E-state index in [2.05, 4.69) is 0 Å². The number of nitrogens with two attached hydrogens (primary N) is 1. The van der Waals surface area contributed by atoms with E-state index in [4.69, 9.17) is 10.5 Å². The molecule has 0 unspecified atom stereocenters. The van der Waals surface area contributed by atoms with Crippen LogP contribution in [0, 0.1) is 0 Å². The molecule has 3 rings (SSSR count). The third-order valence-corrected chi connectivity index (χ3v) is 4.25. The van der Waals surface area contributed by atoms with Crippen molar-refractivity contribution >= 4 is 5.97 Å². The Morgan fingerprint density at radius 2 is 1.48 bits per heavy atom. The number of carbonyl (C=O) groups is 1. The fourth-order valence-electron chi connectivity index (χ4n) is 2.92. The lowest BCUT2D eigenvalue weighted by Crippen LogP contribution is -2.27. The molecule has 2 aliphatic rings. The van der Waals surface area contributed by atoms with E-state index in [9.17, 15) is 4.79 Å². The summed E-state index contributed by atoms with van der Waals surface area (Å²) in [7, 11) is 0. The van der Waals surface area contributed by atoms with Gasteiger partial charge in [-0.15, -0.1) is 0 Å². The number of carbonyl (C=O) groups excluding carboxylic acids is 1. The van der Waals surface area contributed by atoms with Crippen LogP contribution in [0.25, 0.3) is 0 Å². The number of hydrogen-bond donors (Lipinski definition) is 1. The summed E-state index contributed by atoms with van der Waals surface area (Å²) in [4.78, 5) is 11.8. The Bertz CT molecular complexity index is 401. The van der Waals surface area contributed by atoms with E-state index in [0.717, 1.165) is 31.2 Å². The highest BCUT2D eigenvalue weighted by atomic mass is 16.5. The molecule has 0 aliphatic heterocycles. The SMILES string of the molecule is C1CCCC1.N[C@H](C(=O)OC1CCCC1)c1ccccc1. The Labute approximate surface area is 127 Å². The molecule has 116 valence electrons. The minimum Gasteiger partial charge on any atom is -0.461 e. The van der Waals surface area contributed by atoms with Crippen LogP contribution < -0.4 is 5.73 Å². The molecule has 0 aromatic heterocycles. The summed E-state index contributed by atoms with van der Waals surface area (Å²) >= 11 is 0. The fourth-order valence-corrected chi connectivity index (χ4v) is 2.92. The predicted molar refractivity (Wildman–Crippen MR) is 84.8 cm³/mol. The van der Waals surface area contributed by atoms with Crippen molar-refractivity contribution in [3.8, 4) is 0 Å². The molecule has 1 aromatic rings. The summed E-state index contributed by atoms with van der Waals surface area (Å²) in [5.41, 5.74) is 6.65. The first kappa shape index (κ1) is 16.0. The molecule has 2 aliphatic carbocycles. The Hall–Kier alpha value is -1.35. The molecular weight excluding hydrogens is 262 g/mol. The maximum atomic E-state index is 11.8. The van der Waals surface area contributed by atoms with Gasteiger partial charge in [-0.3, -0.25) is 0 Å². The Morgan fingerprint density at radius 1 is 0.952 bits per heavy atom. The molecule has 0 bridgehead atoms. The van der Waals surface area contributed by atoms with Crippen molar-refractivity contribution in [2.45, 2.75) is 69.9 Å². The van der Waals surface area contributed by atoms with Crippen LogP contribution in [0.15, 0.2) is 30.3 Å². The van der Waals surface area contributed by atoms with Crippen molar-refractivity contribution in [2.75, 3.05) is 0 Å². The van der Waals surface area contributed by atoms with Gasteiger partial charge in [0.15, 0.2) is 0 Å². The molecule has 0 spiro atoms. The molecule has 0 saturated heterocycles. The zero-order valence-electron chi connectivity index (χ0n) is 12.8. The van der Waals surface area contributed by atoms with Crippen LogP contribution in [0.1, 0.15) is 69.4 Å². The molecule has 0 radical (unpaired) electrons. The number of benzene rings is 1. The Morgan fingerprint density at radius 3 is 2.00 bits per heavy atom. The van der Waals surface area contributed by atoms with Gasteiger partial charge in [0.05, 0.1) is 0 Å². The first-order valence-corrected chi connectivity index (χ1v) is 8.28. The van der Waals surface area contributed by atoms with Crippen molar-refractivity contribution in [3.05, 3.63) is 35.9 Å². The van der Waals surface area contributed by atoms with E-state index in [-0.39, 0.29) is 12.1 Å². The smallest absolute Gasteiger partial charge is 0.327 e. The lowest BCUT2D eigenvalue weighted by molar-refractivity contribution is -0.150. The van der Waals surface area contributed by atoms with Crippen molar-refractivity contribution in [1.82, 2.24) is 0 Å². The van der Waals surface area contributed by atoms with Gasteiger partial charge >= 0.3 is 5.97 Å². The maximum Gasteiger partial charge on any atom is 0.327 e. The molecule has 0 heterocycles. The number of ether oxygens (including phenoxy) is 1. The van der Waals surface area contributed by atoms with Gasteiger partial charge in [0.25, 0.3) is 0 Å². The Balaban J connectivity index is 0.000000272. The minimum atomic E-state index is -0.651. The molecule has 1 atom stereocenters. The van der Waals surface area contributed by atoms with Crippen LogP contribution in [-0.4, -0.2) is 12.1 Å². The molecule has 3 nitrogen and oxygen atoms in total. The maximum absolute atomic E-state index is 11.8. The molecule has 3 heteroatoms. The second-order valence-electron chi connectivity index (χ2n) is 6.00. The second kappa shape index (κ2) is 8.83. The van der Waals surface area contributed by atoms with Gasteiger partial charge in [-0.05, 0) is 31.2 Å². The number of rotatable bonds is 3. The highest BCUT2D eigenvalue weighted by Crippen LogP contribution is 2.23. The first-order valence-electron chi connectivity index (χ1n) is 8.28. The predicted octanol–water partition coefficient (Wildman–Crippen LogP) is 4.12. The average Bonchev–Trinajstić information content (AvgIpc) is 3.23. The summed E-state index contributed by atoms with van der Waals surface area (Å²) in [6.45, 7) is 0. The molecule has 2 fully saturated rings. The Kier molecular flexibility index (Phi) is 6.74. The lowest BCUT2D eigenvalue weighted by Gasteiger charge is -2.15. The molecular formula is C18H27NO2. The van der Waals surface area contributed by atoms with Crippen LogP contribution >= 0.6 is 0 Å². The summed E-state index contributed by atoms with van der Waals surface area (Å²) in [5.74, 6) is -0.307. The van der Waals surface area contributed by atoms with Gasteiger partial charge < -0.3 is 10.5 Å². The normalized spacial score (nSPS) is 19.7. The van der Waals surface area contributed by atoms with Crippen LogP contribution in [0.4, 0.5) is 0 Å². The van der Waals surface area contributed by atoms with E-state index < -0.39 is 6.04 Å². The third-order valence-electron chi connectivity index (χ3n) is 4.25. The van der Waals surface area contributed by atoms with Gasteiger partial charge in [0, 0.05) is 0 Å².